The van der Waals surface area contributed by atoms with Crippen LogP contribution in [-0.4, -0.2) is 29.1 Å². The van der Waals surface area contributed by atoms with Crippen molar-refractivity contribution in [1.29, 1.82) is 0 Å². The third-order valence-electron chi connectivity index (χ3n) is 3.63. The number of rotatable bonds is 5. The first-order valence-electron chi connectivity index (χ1n) is 7.26. The number of imidazole rings is 1. The maximum Gasteiger partial charge on any atom is 0.328 e. The summed E-state index contributed by atoms with van der Waals surface area (Å²) in [4.78, 5) is 28.7. The van der Waals surface area contributed by atoms with E-state index in [0.717, 1.165) is 16.8 Å². The summed E-state index contributed by atoms with van der Waals surface area (Å²) >= 11 is 0. The van der Waals surface area contributed by atoms with Gasteiger partial charge in [-0.2, -0.15) is 0 Å². The number of fused-ring (bicyclic) bond motifs is 1. The molecular formula is C17H17N3O3. The predicted octanol–water partition coefficient (Wildman–Crippen LogP) is 2.05. The summed E-state index contributed by atoms with van der Waals surface area (Å²) in [6.45, 7) is 0. The van der Waals surface area contributed by atoms with Crippen molar-refractivity contribution in [2.45, 2.75) is 12.5 Å². The third-order valence-corrected chi connectivity index (χ3v) is 3.63. The Morgan fingerprint density at radius 3 is 2.61 bits per heavy atom. The van der Waals surface area contributed by atoms with Crippen LogP contribution in [0.25, 0.3) is 11.0 Å². The van der Waals surface area contributed by atoms with Crippen molar-refractivity contribution >= 4 is 22.7 Å². The van der Waals surface area contributed by atoms with Gasteiger partial charge in [0.25, 0.3) is 0 Å². The molecule has 23 heavy (non-hydrogen) atoms. The smallest absolute Gasteiger partial charge is 0.328 e. The molecule has 0 bridgehead atoms. The Hall–Kier alpha value is -3.02. The molecule has 0 unspecified atom stereocenters. The number of carbonyl (C=O) groups excluding carboxylic acids is 1. The van der Waals surface area contributed by atoms with Gasteiger partial charge in [0.1, 0.15) is 6.04 Å². The fourth-order valence-electron chi connectivity index (χ4n) is 2.51. The minimum absolute atomic E-state index is 0.258. The van der Waals surface area contributed by atoms with Gasteiger partial charge in [0.15, 0.2) is 0 Å². The average molecular weight is 311 g/mol. The first-order chi connectivity index (χ1) is 11.2. The van der Waals surface area contributed by atoms with E-state index in [1.54, 1.807) is 12.1 Å². The lowest BCUT2D eigenvalue weighted by atomic mass is 10.1. The summed E-state index contributed by atoms with van der Waals surface area (Å²) in [5.41, 5.74) is 2.91. The Morgan fingerprint density at radius 1 is 1.13 bits per heavy atom. The molecule has 1 atom stereocenters. The number of hydrogen-bond acceptors (Lipinski definition) is 4. The van der Waals surface area contributed by atoms with E-state index in [1.165, 1.54) is 7.11 Å². The van der Waals surface area contributed by atoms with Crippen LogP contribution in [0.1, 0.15) is 5.56 Å². The molecule has 3 rings (SSSR count). The Labute approximate surface area is 132 Å². The highest BCUT2D eigenvalue weighted by Gasteiger charge is 2.19. The van der Waals surface area contributed by atoms with Crippen LogP contribution in [-0.2, 0) is 16.0 Å². The van der Waals surface area contributed by atoms with E-state index < -0.39 is 6.04 Å². The summed E-state index contributed by atoms with van der Waals surface area (Å²) < 4.78 is 4.88. The summed E-state index contributed by atoms with van der Waals surface area (Å²) in [5.74, 6) is -0.337. The number of nitrogens with one attached hydrogen (secondary N) is 3. The van der Waals surface area contributed by atoms with Crippen LogP contribution < -0.4 is 11.0 Å². The van der Waals surface area contributed by atoms with Gasteiger partial charge >= 0.3 is 11.7 Å². The van der Waals surface area contributed by atoms with Crippen molar-refractivity contribution in [2.75, 3.05) is 12.4 Å². The van der Waals surface area contributed by atoms with Crippen LogP contribution in [0, 0.1) is 0 Å². The van der Waals surface area contributed by atoms with Crippen molar-refractivity contribution in [3.8, 4) is 0 Å². The van der Waals surface area contributed by atoms with E-state index >= 15 is 0 Å². The van der Waals surface area contributed by atoms with E-state index in [4.69, 9.17) is 4.74 Å². The van der Waals surface area contributed by atoms with Gasteiger partial charge in [-0.25, -0.2) is 9.59 Å². The molecule has 0 saturated carbocycles. The Balaban J connectivity index is 1.84. The second-order valence-corrected chi connectivity index (χ2v) is 5.25. The highest BCUT2D eigenvalue weighted by Crippen LogP contribution is 2.17. The molecule has 0 radical (unpaired) electrons. The summed E-state index contributed by atoms with van der Waals surface area (Å²) in [7, 11) is 1.37. The van der Waals surface area contributed by atoms with E-state index in [-0.39, 0.29) is 11.7 Å². The Kier molecular flexibility index (Phi) is 4.14. The van der Waals surface area contributed by atoms with Crippen molar-refractivity contribution in [3.63, 3.8) is 0 Å². The molecule has 0 amide bonds. The largest absolute Gasteiger partial charge is 0.467 e. The van der Waals surface area contributed by atoms with Gasteiger partial charge in [0, 0.05) is 12.1 Å². The lowest BCUT2D eigenvalue weighted by Gasteiger charge is -2.18. The third kappa shape index (κ3) is 3.42. The van der Waals surface area contributed by atoms with Crippen LogP contribution in [0.5, 0.6) is 0 Å². The van der Waals surface area contributed by atoms with Crippen molar-refractivity contribution in [1.82, 2.24) is 9.97 Å². The van der Waals surface area contributed by atoms with Gasteiger partial charge in [-0.15, -0.1) is 0 Å². The molecule has 0 aliphatic heterocycles. The van der Waals surface area contributed by atoms with Gasteiger partial charge in [-0.05, 0) is 23.8 Å². The number of hydrogen-bond donors (Lipinski definition) is 3. The lowest BCUT2D eigenvalue weighted by Crippen LogP contribution is -2.32. The molecule has 3 N–H and O–H groups in total. The maximum absolute atomic E-state index is 12.0. The van der Waals surface area contributed by atoms with Crippen LogP contribution in [0.4, 0.5) is 5.69 Å². The monoisotopic (exact) mass is 311 g/mol. The number of H-pyrrole nitrogens is 2. The quantitative estimate of drug-likeness (QED) is 0.629. The molecule has 0 fully saturated rings. The molecule has 0 saturated heterocycles. The van der Waals surface area contributed by atoms with E-state index in [1.807, 2.05) is 36.4 Å². The average Bonchev–Trinajstić information content (AvgIpc) is 2.93. The van der Waals surface area contributed by atoms with E-state index in [2.05, 4.69) is 15.3 Å². The van der Waals surface area contributed by atoms with E-state index in [0.29, 0.717) is 11.9 Å². The Morgan fingerprint density at radius 2 is 1.87 bits per heavy atom. The summed E-state index contributed by atoms with van der Waals surface area (Å²) in [6, 6.07) is 14.6. The van der Waals surface area contributed by atoms with Gasteiger partial charge < -0.3 is 20.0 Å². The molecule has 2 aromatic carbocycles. The first kappa shape index (κ1) is 14.9. The fourth-order valence-corrected chi connectivity index (χ4v) is 2.51. The molecule has 6 nitrogen and oxygen atoms in total. The zero-order chi connectivity index (χ0) is 16.2. The molecule has 6 heteroatoms. The minimum atomic E-state index is -0.509. The lowest BCUT2D eigenvalue weighted by molar-refractivity contribution is -0.141. The Bertz CT molecular complexity index is 867. The molecule has 0 aliphatic carbocycles. The number of benzene rings is 2. The fraction of sp³-hybridized carbons (Fsp3) is 0.176. The topological polar surface area (TPSA) is 87.0 Å². The molecule has 0 spiro atoms. The van der Waals surface area contributed by atoms with Crippen molar-refractivity contribution < 1.29 is 9.53 Å². The van der Waals surface area contributed by atoms with Crippen LogP contribution >= 0.6 is 0 Å². The number of methoxy groups -OCH3 is 1. The highest BCUT2D eigenvalue weighted by molar-refractivity contribution is 5.83. The van der Waals surface area contributed by atoms with Gasteiger partial charge in [-0.1, -0.05) is 30.3 Å². The number of aromatic nitrogens is 2. The minimum Gasteiger partial charge on any atom is -0.467 e. The molecule has 0 aliphatic rings. The number of anilines is 1. The second-order valence-electron chi connectivity index (χ2n) is 5.25. The summed E-state index contributed by atoms with van der Waals surface area (Å²) in [6.07, 6.45) is 0.509. The van der Waals surface area contributed by atoms with Crippen molar-refractivity contribution in [2.24, 2.45) is 0 Å². The normalized spacial score (nSPS) is 12.0. The number of carbonyl (C=O) groups is 1. The summed E-state index contributed by atoms with van der Waals surface area (Å²) in [5, 5.41) is 3.17. The van der Waals surface area contributed by atoms with Crippen LogP contribution in [0.3, 0.4) is 0 Å². The molecule has 3 aromatic rings. The van der Waals surface area contributed by atoms with Crippen LogP contribution in [0.15, 0.2) is 53.3 Å². The zero-order valence-corrected chi connectivity index (χ0v) is 12.6. The predicted molar refractivity (Wildman–Crippen MR) is 88.5 cm³/mol. The first-order valence-corrected chi connectivity index (χ1v) is 7.26. The van der Waals surface area contributed by atoms with Crippen molar-refractivity contribution in [3.05, 3.63) is 64.6 Å². The molecular weight excluding hydrogens is 294 g/mol. The molecule has 1 heterocycles. The number of aromatic amines is 2. The zero-order valence-electron chi connectivity index (χ0n) is 12.6. The van der Waals surface area contributed by atoms with E-state index in [9.17, 15) is 9.59 Å². The number of esters is 1. The maximum atomic E-state index is 12.0. The SMILES string of the molecule is COC(=O)[C@@H](Cc1ccccc1)Nc1ccc2[nH]c(=O)[nH]c2c1. The second kappa shape index (κ2) is 6.39. The highest BCUT2D eigenvalue weighted by atomic mass is 16.5. The standard InChI is InChI=1S/C17H17N3O3/c1-23-16(21)15(9-11-5-3-2-4-6-11)18-12-7-8-13-14(10-12)20-17(22)19-13/h2-8,10,15,18H,9H2,1H3,(H2,19,20,22)/t15-/m1/s1. The van der Waals surface area contributed by atoms with Gasteiger partial charge in [0.2, 0.25) is 0 Å². The van der Waals surface area contributed by atoms with Gasteiger partial charge in [0.05, 0.1) is 18.1 Å². The van der Waals surface area contributed by atoms with Gasteiger partial charge in [-0.3, -0.25) is 0 Å². The van der Waals surface area contributed by atoms with Crippen LogP contribution in [0.2, 0.25) is 0 Å². The molecule has 1 aromatic heterocycles. The molecule has 118 valence electrons. The number of ether oxygens (including phenoxy) is 1.